The predicted molar refractivity (Wildman–Crippen MR) is 65.5 cm³/mol. The Kier molecular flexibility index (Phi) is 4.27. The van der Waals surface area contributed by atoms with E-state index in [9.17, 15) is 0 Å². The van der Waals surface area contributed by atoms with Crippen molar-refractivity contribution in [2.45, 2.75) is 11.8 Å². The van der Waals surface area contributed by atoms with E-state index in [1.54, 1.807) is 17.8 Å². The Morgan fingerprint density at radius 2 is 1.86 bits per heavy atom. The van der Waals surface area contributed by atoms with Crippen molar-refractivity contribution >= 4 is 11.8 Å². The Bertz CT molecular complexity index is 344. The van der Waals surface area contributed by atoms with E-state index in [0.717, 1.165) is 4.91 Å². The van der Waals surface area contributed by atoms with Crippen LogP contribution in [0.3, 0.4) is 0 Å². The fourth-order valence-corrected chi connectivity index (χ4v) is 1.79. The van der Waals surface area contributed by atoms with Crippen molar-refractivity contribution in [2.75, 3.05) is 0 Å². The number of hydrogen-bond acceptors (Lipinski definition) is 1. The summed E-state index contributed by atoms with van der Waals surface area (Å²) in [6, 6.07) is 8.44. The van der Waals surface area contributed by atoms with Crippen LogP contribution in [0, 0.1) is 6.92 Å². The van der Waals surface area contributed by atoms with Gasteiger partial charge in [0.05, 0.1) is 0 Å². The van der Waals surface area contributed by atoms with E-state index >= 15 is 0 Å². The molecule has 1 aromatic rings. The average Bonchev–Trinajstić information content (AvgIpc) is 2.20. The van der Waals surface area contributed by atoms with Gasteiger partial charge in [-0.2, -0.15) is 0 Å². The maximum atomic E-state index is 3.76. The largest absolute Gasteiger partial charge is 0.0990 e. The molecule has 1 rings (SSSR count). The minimum Gasteiger partial charge on any atom is -0.0990 e. The molecule has 0 aliphatic rings. The second-order valence-corrected chi connectivity index (χ2v) is 4.07. The number of benzene rings is 1. The highest BCUT2D eigenvalue weighted by molar-refractivity contribution is 8.03. The third-order valence-corrected chi connectivity index (χ3v) is 2.79. The monoisotopic (exact) mass is 202 g/mol. The highest BCUT2D eigenvalue weighted by atomic mass is 32.2. The van der Waals surface area contributed by atoms with Gasteiger partial charge in [0.25, 0.3) is 0 Å². The summed E-state index contributed by atoms with van der Waals surface area (Å²) in [5.74, 6) is 0. The molecule has 72 valence electrons. The van der Waals surface area contributed by atoms with Gasteiger partial charge in [0.2, 0.25) is 0 Å². The van der Waals surface area contributed by atoms with Gasteiger partial charge in [0, 0.05) is 9.80 Å². The number of allylic oxidation sites excluding steroid dienone is 3. The zero-order valence-corrected chi connectivity index (χ0v) is 9.18. The molecule has 0 unspecified atom stereocenters. The van der Waals surface area contributed by atoms with E-state index < -0.39 is 0 Å². The van der Waals surface area contributed by atoms with Crippen LogP contribution in [0.2, 0.25) is 0 Å². The van der Waals surface area contributed by atoms with E-state index in [0.29, 0.717) is 0 Å². The van der Waals surface area contributed by atoms with Crippen LogP contribution < -0.4 is 0 Å². The Morgan fingerprint density at radius 3 is 2.36 bits per heavy atom. The van der Waals surface area contributed by atoms with Gasteiger partial charge >= 0.3 is 0 Å². The van der Waals surface area contributed by atoms with Gasteiger partial charge < -0.3 is 0 Å². The van der Waals surface area contributed by atoms with Gasteiger partial charge in [0.15, 0.2) is 0 Å². The van der Waals surface area contributed by atoms with Crippen LogP contribution in [-0.2, 0) is 0 Å². The number of rotatable bonds is 4. The number of hydrogen-bond donors (Lipinski definition) is 0. The molecule has 0 spiro atoms. The number of thioether (sulfide) groups is 1. The van der Waals surface area contributed by atoms with Gasteiger partial charge in [-0.1, -0.05) is 54.8 Å². The van der Waals surface area contributed by atoms with Gasteiger partial charge in [-0.3, -0.25) is 0 Å². The van der Waals surface area contributed by atoms with Crippen molar-refractivity contribution in [3.63, 3.8) is 0 Å². The molecule has 0 nitrogen and oxygen atoms in total. The van der Waals surface area contributed by atoms with E-state index in [1.165, 1.54) is 10.5 Å². The highest BCUT2D eigenvalue weighted by Gasteiger charge is 1.95. The van der Waals surface area contributed by atoms with E-state index in [1.807, 2.05) is 12.2 Å². The summed E-state index contributed by atoms with van der Waals surface area (Å²) in [6.07, 6.45) is 5.57. The van der Waals surface area contributed by atoms with Crippen LogP contribution >= 0.6 is 11.8 Å². The maximum Gasteiger partial charge on any atom is 0.0122 e. The molecule has 0 aliphatic heterocycles. The highest BCUT2D eigenvalue weighted by Crippen LogP contribution is 2.27. The molecule has 0 aromatic heterocycles. The zero-order chi connectivity index (χ0) is 10.4. The van der Waals surface area contributed by atoms with Crippen molar-refractivity contribution < 1.29 is 0 Å². The third kappa shape index (κ3) is 3.27. The minimum atomic E-state index is 1.11. The average molecular weight is 202 g/mol. The first-order valence-corrected chi connectivity index (χ1v) is 5.27. The summed E-state index contributed by atoms with van der Waals surface area (Å²) in [7, 11) is 0. The lowest BCUT2D eigenvalue weighted by Gasteiger charge is -2.01. The van der Waals surface area contributed by atoms with Gasteiger partial charge in [-0.25, -0.2) is 0 Å². The van der Waals surface area contributed by atoms with Gasteiger partial charge in [0.1, 0.15) is 0 Å². The molecule has 0 saturated heterocycles. The molecule has 0 bridgehead atoms. The van der Waals surface area contributed by atoms with E-state index in [4.69, 9.17) is 0 Å². The summed E-state index contributed by atoms with van der Waals surface area (Å²) < 4.78 is 0. The first kappa shape index (κ1) is 10.9. The molecule has 14 heavy (non-hydrogen) atoms. The lowest BCUT2D eigenvalue weighted by molar-refractivity contribution is 1.38. The minimum absolute atomic E-state index is 1.11. The molecule has 0 N–H and O–H groups in total. The summed E-state index contributed by atoms with van der Waals surface area (Å²) in [5.41, 5.74) is 1.28. The van der Waals surface area contributed by atoms with Crippen LogP contribution in [0.5, 0.6) is 0 Å². The second kappa shape index (κ2) is 5.51. The van der Waals surface area contributed by atoms with Crippen LogP contribution in [-0.4, -0.2) is 0 Å². The standard InChI is InChI=1S/C13H14S/c1-4-6-12(5-2)14-13-9-7-11(3)8-10-13/h4-10H,1-2H2,3H3/b12-6+. The molecule has 1 aromatic carbocycles. The first-order valence-electron chi connectivity index (χ1n) is 4.46. The fourth-order valence-electron chi connectivity index (χ4n) is 1.00. The Morgan fingerprint density at radius 1 is 1.21 bits per heavy atom. The lowest BCUT2D eigenvalue weighted by Crippen LogP contribution is -1.74. The molecule has 0 heterocycles. The predicted octanol–water partition coefficient (Wildman–Crippen LogP) is 4.34. The van der Waals surface area contributed by atoms with Crippen molar-refractivity contribution in [2.24, 2.45) is 0 Å². The smallest absolute Gasteiger partial charge is 0.0122 e. The van der Waals surface area contributed by atoms with Crippen molar-refractivity contribution in [3.8, 4) is 0 Å². The zero-order valence-electron chi connectivity index (χ0n) is 8.36. The SMILES string of the molecule is C=C/C=C(\C=C)Sc1ccc(C)cc1. The molecule has 0 radical (unpaired) electrons. The molecular formula is C13H14S. The fraction of sp³-hybridized carbons (Fsp3) is 0.0769. The Labute approximate surface area is 90.0 Å². The van der Waals surface area contributed by atoms with Crippen molar-refractivity contribution in [1.29, 1.82) is 0 Å². The van der Waals surface area contributed by atoms with Crippen LogP contribution in [0.25, 0.3) is 0 Å². The molecule has 1 heteroatoms. The van der Waals surface area contributed by atoms with E-state index in [2.05, 4.69) is 44.3 Å². The van der Waals surface area contributed by atoms with Gasteiger partial charge in [-0.05, 0) is 25.1 Å². The topological polar surface area (TPSA) is 0 Å². The molecular weight excluding hydrogens is 188 g/mol. The Hall–Kier alpha value is -1.21. The summed E-state index contributed by atoms with van der Waals surface area (Å²) in [6.45, 7) is 9.51. The summed E-state index contributed by atoms with van der Waals surface area (Å²) in [4.78, 5) is 2.34. The van der Waals surface area contributed by atoms with E-state index in [-0.39, 0.29) is 0 Å². The molecule has 0 aliphatic carbocycles. The number of aryl methyl sites for hydroxylation is 1. The second-order valence-electron chi connectivity index (χ2n) is 2.92. The van der Waals surface area contributed by atoms with Crippen molar-refractivity contribution in [3.05, 3.63) is 66.1 Å². The molecule has 0 fully saturated rings. The molecule has 0 amide bonds. The normalized spacial score (nSPS) is 11.1. The first-order chi connectivity index (χ1) is 6.76. The van der Waals surface area contributed by atoms with Crippen LogP contribution in [0.4, 0.5) is 0 Å². The summed E-state index contributed by atoms with van der Waals surface area (Å²) in [5, 5.41) is 0. The van der Waals surface area contributed by atoms with Crippen LogP contribution in [0.15, 0.2) is 65.5 Å². The van der Waals surface area contributed by atoms with Crippen LogP contribution in [0.1, 0.15) is 5.56 Å². The van der Waals surface area contributed by atoms with Crippen molar-refractivity contribution in [1.82, 2.24) is 0 Å². The third-order valence-electron chi connectivity index (χ3n) is 1.74. The Balaban J connectivity index is 2.77. The quantitative estimate of drug-likeness (QED) is 0.517. The molecule has 0 atom stereocenters. The molecule has 0 saturated carbocycles. The van der Waals surface area contributed by atoms with Gasteiger partial charge in [-0.15, -0.1) is 0 Å². The lowest BCUT2D eigenvalue weighted by atomic mass is 10.2. The maximum absolute atomic E-state index is 3.76. The summed E-state index contributed by atoms with van der Waals surface area (Å²) >= 11 is 1.69.